The Balaban J connectivity index is 2.42. The molecule has 0 fully saturated rings. The van der Waals surface area contributed by atoms with Crippen LogP contribution in [0.4, 0.5) is 0 Å². The molecule has 0 aliphatic carbocycles. The molecule has 0 aliphatic rings. The Morgan fingerprint density at radius 2 is 2.21 bits per heavy atom. The number of ether oxygens (including phenoxy) is 2. The first-order valence-corrected chi connectivity index (χ1v) is 5.62. The zero-order valence-electron chi connectivity index (χ0n) is 10.5. The summed E-state index contributed by atoms with van der Waals surface area (Å²) in [7, 11) is 1.49. The van der Waals surface area contributed by atoms with E-state index in [1.165, 1.54) is 13.2 Å². The molecule has 6 nitrogen and oxygen atoms in total. The highest BCUT2D eigenvalue weighted by Crippen LogP contribution is 2.13. The minimum Gasteiger partial charge on any atom is -0.497 e. The third kappa shape index (κ3) is 5.08. The average Bonchev–Trinajstić information content (AvgIpc) is 2.45. The molecule has 1 rings (SSSR count). The molecular formula is C13H14N2O4. The summed E-state index contributed by atoms with van der Waals surface area (Å²) in [5.41, 5.74) is 0.309. The van der Waals surface area contributed by atoms with Crippen molar-refractivity contribution in [2.45, 2.75) is 6.42 Å². The largest absolute Gasteiger partial charge is 0.497 e. The molecule has 0 unspecified atom stereocenters. The first-order valence-electron chi connectivity index (χ1n) is 5.62. The minimum atomic E-state index is -0.602. The van der Waals surface area contributed by atoms with Gasteiger partial charge in [0.2, 0.25) is 0 Å². The van der Waals surface area contributed by atoms with Crippen molar-refractivity contribution >= 4 is 11.9 Å². The van der Waals surface area contributed by atoms with Gasteiger partial charge in [0.25, 0.3) is 5.91 Å². The quantitative estimate of drug-likeness (QED) is 0.607. The van der Waals surface area contributed by atoms with Crippen LogP contribution >= 0.6 is 0 Å². The molecule has 0 saturated heterocycles. The number of benzene rings is 1. The number of hydrogen-bond acceptors (Lipinski definition) is 5. The molecule has 0 spiro atoms. The first kappa shape index (κ1) is 14.5. The molecular weight excluding hydrogens is 248 g/mol. The maximum absolute atomic E-state index is 11.6. The number of nitrogens with zero attached hydrogens (tertiary/aromatic N) is 1. The number of carbonyl (C=O) groups excluding carboxylic acids is 2. The van der Waals surface area contributed by atoms with Gasteiger partial charge in [-0.15, -0.1) is 0 Å². The van der Waals surface area contributed by atoms with Crippen molar-refractivity contribution in [3.8, 4) is 11.8 Å². The molecule has 0 heterocycles. The second-order valence-electron chi connectivity index (χ2n) is 3.57. The van der Waals surface area contributed by atoms with E-state index in [0.717, 1.165) is 0 Å². The van der Waals surface area contributed by atoms with E-state index in [1.807, 2.05) is 6.07 Å². The van der Waals surface area contributed by atoms with Gasteiger partial charge in [-0.1, -0.05) is 6.07 Å². The number of carbonyl (C=O) groups is 2. The van der Waals surface area contributed by atoms with Crippen molar-refractivity contribution in [1.29, 1.82) is 5.26 Å². The van der Waals surface area contributed by atoms with E-state index in [-0.39, 0.29) is 19.6 Å². The summed E-state index contributed by atoms with van der Waals surface area (Å²) in [6.45, 7) is -0.131. The van der Waals surface area contributed by atoms with Crippen molar-refractivity contribution in [3.05, 3.63) is 29.8 Å². The molecule has 0 saturated carbocycles. The molecule has 1 aromatic carbocycles. The maximum atomic E-state index is 11.6. The highest BCUT2D eigenvalue weighted by Gasteiger charge is 2.10. The molecule has 19 heavy (non-hydrogen) atoms. The van der Waals surface area contributed by atoms with Crippen molar-refractivity contribution < 1.29 is 19.1 Å². The lowest BCUT2D eigenvalue weighted by Crippen LogP contribution is -2.29. The molecule has 100 valence electrons. The molecule has 0 aromatic heterocycles. The van der Waals surface area contributed by atoms with E-state index in [2.05, 4.69) is 5.32 Å². The molecule has 1 N–H and O–H groups in total. The fourth-order valence-electron chi connectivity index (χ4n) is 1.27. The molecule has 1 aromatic rings. The maximum Gasteiger partial charge on any atom is 0.338 e. The second kappa shape index (κ2) is 7.71. The van der Waals surface area contributed by atoms with Crippen LogP contribution in [0.1, 0.15) is 16.8 Å². The van der Waals surface area contributed by atoms with E-state index in [1.54, 1.807) is 18.2 Å². The summed E-state index contributed by atoms with van der Waals surface area (Å²) in [6.07, 6.45) is 0.218. The Kier molecular flexibility index (Phi) is 5.89. The Labute approximate surface area is 110 Å². The molecule has 0 atom stereocenters. The van der Waals surface area contributed by atoms with Gasteiger partial charge in [-0.05, 0) is 18.2 Å². The van der Waals surface area contributed by atoms with Gasteiger partial charge >= 0.3 is 5.97 Å². The third-order valence-corrected chi connectivity index (χ3v) is 2.20. The van der Waals surface area contributed by atoms with Crippen LogP contribution in [0.15, 0.2) is 24.3 Å². The highest BCUT2D eigenvalue weighted by molar-refractivity contribution is 5.91. The lowest BCUT2D eigenvalue weighted by molar-refractivity contribution is -0.124. The Bertz CT molecular complexity index is 494. The van der Waals surface area contributed by atoms with E-state index in [4.69, 9.17) is 14.7 Å². The third-order valence-electron chi connectivity index (χ3n) is 2.20. The summed E-state index contributed by atoms with van der Waals surface area (Å²) in [4.78, 5) is 22.9. The van der Waals surface area contributed by atoms with Gasteiger partial charge in [-0.2, -0.15) is 5.26 Å². The summed E-state index contributed by atoms with van der Waals surface area (Å²) in [5, 5.41) is 10.7. The van der Waals surface area contributed by atoms with Gasteiger partial charge in [0.1, 0.15) is 5.75 Å². The number of esters is 1. The molecule has 0 aliphatic heterocycles. The van der Waals surface area contributed by atoms with E-state index < -0.39 is 11.9 Å². The smallest absolute Gasteiger partial charge is 0.338 e. The van der Waals surface area contributed by atoms with Gasteiger partial charge < -0.3 is 14.8 Å². The van der Waals surface area contributed by atoms with Gasteiger partial charge in [0, 0.05) is 6.54 Å². The lowest BCUT2D eigenvalue weighted by Gasteiger charge is -2.06. The molecule has 6 heteroatoms. The highest BCUT2D eigenvalue weighted by atomic mass is 16.5. The monoisotopic (exact) mass is 262 g/mol. The molecule has 0 bridgehead atoms. The summed E-state index contributed by atoms with van der Waals surface area (Å²) >= 11 is 0. The van der Waals surface area contributed by atoms with Gasteiger partial charge in [0.05, 0.1) is 25.2 Å². The SMILES string of the molecule is COc1cccc(C(=O)OCC(=O)NCCC#N)c1. The van der Waals surface area contributed by atoms with Crippen LogP contribution in [0.25, 0.3) is 0 Å². The zero-order valence-corrected chi connectivity index (χ0v) is 10.5. The Morgan fingerprint density at radius 3 is 2.89 bits per heavy atom. The average molecular weight is 262 g/mol. The second-order valence-corrected chi connectivity index (χ2v) is 3.57. The van der Waals surface area contributed by atoms with Crippen molar-refractivity contribution in [1.82, 2.24) is 5.32 Å². The fourth-order valence-corrected chi connectivity index (χ4v) is 1.27. The van der Waals surface area contributed by atoms with Crippen LogP contribution in [0.3, 0.4) is 0 Å². The number of methoxy groups -OCH3 is 1. The summed E-state index contributed by atoms with van der Waals surface area (Å²) < 4.78 is 9.81. The fraction of sp³-hybridized carbons (Fsp3) is 0.308. The predicted molar refractivity (Wildman–Crippen MR) is 66.5 cm³/mol. The van der Waals surface area contributed by atoms with Crippen LogP contribution < -0.4 is 10.1 Å². The van der Waals surface area contributed by atoms with Crippen LogP contribution in [-0.4, -0.2) is 32.1 Å². The number of nitrogens with one attached hydrogen (secondary N) is 1. The summed E-state index contributed by atoms with van der Waals surface area (Å²) in [6, 6.07) is 8.34. The van der Waals surface area contributed by atoms with Crippen LogP contribution in [0.2, 0.25) is 0 Å². The first-order chi connectivity index (χ1) is 9.17. The van der Waals surface area contributed by atoms with E-state index in [9.17, 15) is 9.59 Å². The van der Waals surface area contributed by atoms with Gasteiger partial charge in [-0.25, -0.2) is 4.79 Å². The number of nitriles is 1. The van der Waals surface area contributed by atoms with E-state index in [0.29, 0.717) is 11.3 Å². The standard InChI is InChI=1S/C13H14N2O4/c1-18-11-5-2-4-10(8-11)13(17)19-9-12(16)15-7-3-6-14/h2,4-5,8H,3,7,9H2,1H3,(H,15,16). The minimum absolute atomic E-state index is 0.218. The van der Waals surface area contributed by atoms with Gasteiger partial charge in [0.15, 0.2) is 6.61 Å². The van der Waals surface area contributed by atoms with E-state index >= 15 is 0 Å². The molecule has 0 radical (unpaired) electrons. The van der Waals surface area contributed by atoms with Crippen LogP contribution in [0.5, 0.6) is 5.75 Å². The Hall–Kier alpha value is -2.55. The van der Waals surface area contributed by atoms with Crippen molar-refractivity contribution in [2.24, 2.45) is 0 Å². The zero-order chi connectivity index (χ0) is 14.1. The topological polar surface area (TPSA) is 88.4 Å². The summed E-state index contributed by atoms with van der Waals surface area (Å²) in [5.74, 6) is -0.506. The normalized spacial score (nSPS) is 9.26. The van der Waals surface area contributed by atoms with Crippen LogP contribution in [0, 0.1) is 11.3 Å². The Morgan fingerprint density at radius 1 is 1.42 bits per heavy atom. The molecule has 1 amide bonds. The number of hydrogen-bond donors (Lipinski definition) is 1. The van der Waals surface area contributed by atoms with Gasteiger partial charge in [-0.3, -0.25) is 4.79 Å². The van der Waals surface area contributed by atoms with Crippen molar-refractivity contribution in [3.63, 3.8) is 0 Å². The number of rotatable bonds is 6. The van der Waals surface area contributed by atoms with Crippen LogP contribution in [-0.2, 0) is 9.53 Å². The lowest BCUT2D eigenvalue weighted by atomic mass is 10.2. The number of amides is 1. The predicted octanol–water partition coefficient (Wildman–Crippen LogP) is 0.882. The van der Waals surface area contributed by atoms with Crippen molar-refractivity contribution in [2.75, 3.05) is 20.3 Å².